The van der Waals surface area contributed by atoms with Gasteiger partial charge in [0, 0.05) is 55.7 Å². The molecule has 2 unspecified atom stereocenters. The van der Waals surface area contributed by atoms with E-state index in [4.69, 9.17) is 10.00 Å². The smallest absolute Gasteiger partial charge is 0.241 e. The first kappa shape index (κ1) is 26.8. The van der Waals surface area contributed by atoms with Crippen molar-refractivity contribution in [3.05, 3.63) is 89.2 Å². The van der Waals surface area contributed by atoms with E-state index in [1.807, 2.05) is 18.2 Å². The minimum absolute atomic E-state index is 0.0140. The predicted molar refractivity (Wildman–Crippen MR) is 143 cm³/mol. The fourth-order valence-electron chi connectivity index (χ4n) is 4.89. The van der Waals surface area contributed by atoms with Crippen molar-refractivity contribution in [2.24, 2.45) is 0 Å². The third-order valence-corrected chi connectivity index (χ3v) is 6.93. The minimum Gasteiger partial charge on any atom is -0.496 e. The van der Waals surface area contributed by atoms with Crippen LogP contribution >= 0.6 is 0 Å². The van der Waals surface area contributed by atoms with Crippen LogP contribution in [0.2, 0.25) is 0 Å². The second-order valence-corrected chi connectivity index (χ2v) is 9.38. The zero-order valence-electron chi connectivity index (χ0n) is 21.5. The van der Waals surface area contributed by atoms with E-state index < -0.39 is 5.82 Å². The Morgan fingerprint density at radius 3 is 2.53 bits per heavy atom. The van der Waals surface area contributed by atoms with Crippen molar-refractivity contribution in [1.29, 1.82) is 5.26 Å². The Morgan fingerprint density at radius 2 is 1.87 bits per heavy atom. The molecule has 3 aromatic rings. The van der Waals surface area contributed by atoms with Crippen LogP contribution in [0.15, 0.2) is 66.7 Å². The van der Waals surface area contributed by atoms with E-state index in [0.29, 0.717) is 42.1 Å². The second kappa shape index (κ2) is 12.3. The third kappa shape index (κ3) is 6.36. The molecule has 7 nitrogen and oxygen atoms in total. The van der Waals surface area contributed by atoms with E-state index in [0.717, 1.165) is 17.5 Å². The van der Waals surface area contributed by atoms with E-state index in [-0.39, 0.29) is 30.3 Å². The lowest BCUT2D eigenvalue weighted by molar-refractivity contribution is -0.133. The van der Waals surface area contributed by atoms with E-state index >= 15 is 0 Å². The maximum absolute atomic E-state index is 15.0. The Labute approximate surface area is 222 Å². The Hall–Kier alpha value is -4.22. The molecule has 0 aromatic heterocycles. The minimum atomic E-state index is -0.400. The van der Waals surface area contributed by atoms with Crippen LogP contribution in [0, 0.1) is 17.1 Å². The summed E-state index contributed by atoms with van der Waals surface area (Å²) in [6, 6.07) is 22.2. The lowest BCUT2D eigenvalue weighted by atomic mass is 9.85. The molecule has 0 radical (unpaired) electrons. The van der Waals surface area contributed by atoms with E-state index in [9.17, 15) is 14.0 Å². The molecular weight excluding hydrogens is 483 g/mol. The van der Waals surface area contributed by atoms with Crippen molar-refractivity contribution in [2.45, 2.75) is 31.8 Å². The van der Waals surface area contributed by atoms with Crippen molar-refractivity contribution < 1.29 is 18.7 Å². The van der Waals surface area contributed by atoms with Gasteiger partial charge in [-0.05, 0) is 35.7 Å². The number of likely N-dealkylation sites (tertiary alicyclic amines) is 1. The lowest BCUT2D eigenvalue weighted by Gasteiger charge is -2.39. The van der Waals surface area contributed by atoms with Gasteiger partial charge in [0.05, 0.1) is 25.3 Å². The molecule has 1 heterocycles. The summed E-state index contributed by atoms with van der Waals surface area (Å²) in [5.41, 5.74) is 3.55. The van der Waals surface area contributed by atoms with Gasteiger partial charge in [0.2, 0.25) is 11.8 Å². The summed E-state index contributed by atoms with van der Waals surface area (Å²) in [6.45, 7) is 2.92. The van der Waals surface area contributed by atoms with Gasteiger partial charge < -0.3 is 20.3 Å². The Kier molecular flexibility index (Phi) is 8.72. The number of nitriles is 1. The highest BCUT2D eigenvalue weighted by Gasteiger charge is 2.32. The van der Waals surface area contributed by atoms with Crippen LogP contribution in [0.5, 0.6) is 5.75 Å². The molecule has 1 aliphatic heterocycles. The van der Waals surface area contributed by atoms with Crippen LogP contribution in [-0.2, 0) is 16.1 Å². The summed E-state index contributed by atoms with van der Waals surface area (Å²) < 4.78 is 20.5. The number of hydrogen-bond acceptors (Lipinski definition) is 5. The molecule has 2 atom stereocenters. The van der Waals surface area contributed by atoms with Gasteiger partial charge >= 0.3 is 0 Å². The number of nitrogens with zero attached hydrogens (tertiary/aromatic N) is 2. The van der Waals surface area contributed by atoms with E-state index in [2.05, 4.69) is 28.8 Å². The molecule has 38 heavy (non-hydrogen) atoms. The number of hydrogen-bond donors (Lipinski definition) is 2. The van der Waals surface area contributed by atoms with Gasteiger partial charge in [-0.3, -0.25) is 9.59 Å². The first-order valence-corrected chi connectivity index (χ1v) is 12.6. The molecule has 0 bridgehead atoms. The van der Waals surface area contributed by atoms with Crippen molar-refractivity contribution in [3.63, 3.8) is 0 Å². The van der Waals surface area contributed by atoms with Crippen LogP contribution < -0.4 is 15.4 Å². The summed E-state index contributed by atoms with van der Waals surface area (Å²) in [6.07, 6.45) is 0.720. The molecule has 196 valence electrons. The average Bonchev–Trinajstić information content (AvgIpc) is 2.95. The molecule has 1 fully saturated rings. The number of carbonyl (C=O) groups is 2. The number of piperidine rings is 1. The van der Waals surface area contributed by atoms with Gasteiger partial charge in [-0.15, -0.1) is 0 Å². The molecule has 3 aromatic carbocycles. The van der Waals surface area contributed by atoms with Crippen LogP contribution in [0.25, 0.3) is 11.1 Å². The fourth-order valence-corrected chi connectivity index (χ4v) is 4.89. The van der Waals surface area contributed by atoms with Gasteiger partial charge in [-0.1, -0.05) is 42.5 Å². The summed E-state index contributed by atoms with van der Waals surface area (Å²) in [4.78, 5) is 25.8. The fraction of sp³-hybridized carbons (Fsp3) is 0.300. The molecule has 1 aliphatic rings. The van der Waals surface area contributed by atoms with Crippen molar-refractivity contribution in [2.75, 3.05) is 26.7 Å². The standard InChI is InChI=1S/C30H31FN4O3/c1-20(36)33-18-30(37)35-13-12-28(26(19-35)22-6-4-3-5-7-22)34-17-24-14-25(27(31)15-29(24)38-2)23-10-8-21(16-32)9-11-23/h3-11,14-15,26,28,34H,12-13,17-19H2,1-2H3,(H,33,36). The number of amides is 2. The quantitative estimate of drug-likeness (QED) is 0.474. The largest absolute Gasteiger partial charge is 0.496 e. The molecule has 0 saturated carbocycles. The Bertz CT molecular complexity index is 1320. The Morgan fingerprint density at radius 1 is 1.13 bits per heavy atom. The van der Waals surface area contributed by atoms with Gasteiger partial charge in [0.1, 0.15) is 11.6 Å². The van der Waals surface area contributed by atoms with Crippen LogP contribution in [0.1, 0.15) is 36.0 Å². The van der Waals surface area contributed by atoms with Crippen LogP contribution in [-0.4, -0.2) is 49.5 Å². The number of carbonyl (C=O) groups excluding carboxylic acids is 2. The summed E-state index contributed by atoms with van der Waals surface area (Å²) in [7, 11) is 1.52. The molecular formula is C30H31FN4O3. The highest BCUT2D eigenvalue weighted by Crippen LogP contribution is 2.32. The van der Waals surface area contributed by atoms with Crippen molar-refractivity contribution >= 4 is 11.8 Å². The second-order valence-electron chi connectivity index (χ2n) is 9.38. The van der Waals surface area contributed by atoms with Gasteiger partial charge in [0.25, 0.3) is 0 Å². The zero-order valence-corrected chi connectivity index (χ0v) is 21.5. The van der Waals surface area contributed by atoms with Crippen molar-refractivity contribution in [1.82, 2.24) is 15.5 Å². The van der Waals surface area contributed by atoms with Gasteiger partial charge in [0.15, 0.2) is 0 Å². The molecule has 2 N–H and O–H groups in total. The number of ether oxygens (including phenoxy) is 1. The SMILES string of the molecule is COc1cc(F)c(-c2ccc(C#N)cc2)cc1CNC1CCN(C(=O)CNC(C)=O)CC1c1ccccc1. The number of halogens is 1. The summed E-state index contributed by atoms with van der Waals surface area (Å²) in [5, 5.41) is 15.3. The van der Waals surface area contributed by atoms with Crippen LogP contribution in [0.3, 0.4) is 0 Å². The number of benzene rings is 3. The highest BCUT2D eigenvalue weighted by atomic mass is 19.1. The first-order chi connectivity index (χ1) is 18.4. The first-order valence-electron chi connectivity index (χ1n) is 12.6. The van der Waals surface area contributed by atoms with E-state index in [1.54, 1.807) is 35.2 Å². The van der Waals surface area contributed by atoms with Gasteiger partial charge in [-0.25, -0.2) is 4.39 Å². The summed E-state index contributed by atoms with van der Waals surface area (Å²) in [5.74, 6) is -0.249. The molecule has 1 saturated heterocycles. The number of methoxy groups -OCH3 is 1. The van der Waals surface area contributed by atoms with Gasteiger partial charge in [-0.2, -0.15) is 5.26 Å². The molecule has 0 aliphatic carbocycles. The lowest BCUT2D eigenvalue weighted by Crippen LogP contribution is -2.51. The van der Waals surface area contributed by atoms with E-state index in [1.165, 1.54) is 20.1 Å². The monoisotopic (exact) mass is 514 g/mol. The molecule has 2 amide bonds. The van der Waals surface area contributed by atoms with Crippen LogP contribution in [0.4, 0.5) is 4.39 Å². The maximum Gasteiger partial charge on any atom is 0.241 e. The molecule has 4 rings (SSSR count). The highest BCUT2D eigenvalue weighted by molar-refractivity contribution is 5.83. The summed E-state index contributed by atoms with van der Waals surface area (Å²) >= 11 is 0. The van der Waals surface area contributed by atoms with Crippen molar-refractivity contribution in [3.8, 4) is 22.9 Å². The number of nitrogens with one attached hydrogen (secondary N) is 2. The average molecular weight is 515 g/mol. The molecule has 0 spiro atoms. The normalized spacial score (nSPS) is 16.9. The predicted octanol–water partition coefficient (Wildman–Crippen LogP) is 3.98. The third-order valence-electron chi connectivity index (χ3n) is 6.93. The maximum atomic E-state index is 15.0. The number of rotatable bonds is 8. The molecule has 8 heteroatoms. The Balaban J connectivity index is 1.54. The zero-order chi connectivity index (χ0) is 27.1. The topological polar surface area (TPSA) is 94.5 Å².